The Hall–Kier alpha value is -1.18. The van der Waals surface area contributed by atoms with Crippen LogP contribution in [0.2, 0.25) is 0 Å². The summed E-state index contributed by atoms with van der Waals surface area (Å²) in [5.74, 6) is -1.63. The molecule has 0 aliphatic heterocycles. The molecule has 88 valence electrons. The summed E-state index contributed by atoms with van der Waals surface area (Å²) in [5.41, 5.74) is 15.8. The van der Waals surface area contributed by atoms with Crippen LogP contribution in [0.3, 0.4) is 0 Å². The highest BCUT2D eigenvalue weighted by Crippen LogP contribution is 1.98. The molecule has 0 aliphatic carbocycles. The van der Waals surface area contributed by atoms with Gasteiger partial charge in [0, 0.05) is 12.8 Å². The lowest BCUT2D eigenvalue weighted by atomic mass is 10.2. The maximum atomic E-state index is 11.1. The third-order valence-corrected chi connectivity index (χ3v) is 1.67. The maximum Gasteiger partial charge on any atom is 0.322 e. The van der Waals surface area contributed by atoms with Gasteiger partial charge in [0.15, 0.2) is 0 Å². The Morgan fingerprint density at radius 3 is 2.27 bits per heavy atom. The van der Waals surface area contributed by atoms with E-state index in [4.69, 9.17) is 27.0 Å². The van der Waals surface area contributed by atoms with E-state index in [1.165, 1.54) is 0 Å². The van der Waals surface area contributed by atoms with Gasteiger partial charge >= 0.3 is 11.9 Å². The van der Waals surface area contributed by atoms with Gasteiger partial charge in [-0.15, -0.1) is 0 Å². The van der Waals surface area contributed by atoms with E-state index in [-0.39, 0.29) is 19.4 Å². The van der Waals surface area contributed by atoms with Crippen molar-refractivity contribution in [1.29, 1.82) is 0 Å². The Morgan fingerprint density at radius 1 is 1.20 bits per heavy atom. The van der Waals surface area contributed by atoms with Gasteiger partial charge in [-0.25, -0.2) is 0 Å². The Balaban J connectivity index is 3.64. The minimum absolute atomic E-state index is 0.0584. The molecule has 0 spiro atoms. The van der Waals surface area contributed by atoms with E-state index in [9.17, 15) is 9.59 Å². The molecule has 0 saturated heterocycles. The molecule has 0 unspecified atom stereocenters. The van der Waals surface area contributed by atoms with Crippen molar-refractivity contribution in [2.75, 3.05) is 6.61 Å². The fraction of sp³-hybridized carbons (Fsp3) is 0.750. The van der Waals surface area contributed by atoms with E-state index in [1.54, 1.807) is 0 Å². The number of carbonyl (C=O) groups is 2. The Morgan fingerprint density at radius 2 is 1.80 bits per heavy atom. The second kappa shape index (κ2) is 7.16. The van der Waals surface area contributed by atoms with Crippen molar-refractivity contribution in [1.82, 2.24) is 0 Å². The third-order valence-electron chi connectivity index (χ3n) is 1.67. The molecule has 7 heteroatoms. The number of esters is 1. The number of carboxylic acids is 1. The van der Waals surface area contributed by atoms with Crippen LogP contribution in [0.15, 0.2) is 0 Å². The summed E-state index contributed by atoms with van der Waals surface area (Å²) < 4.78 is 4.73. The average Bonchev–Trinajstić information content (AvgIpc) is 2.13. The van der Waals surface area contributed by atoms with Crippen molar-refractivity contribution in [2.24, 2.45) is 17.2 Å². The maximum absolute atomic E-state index is 11.1. The molecule has 0 aromatic carbocycles. The van der Waals surface area contributed by atoms with Gasteiger partial charge in [-0.3, -0.25) is 9.59 Å². The first-order chi connectivity index (χ1) is 6.93. The number of hydrogen-bond donors (Lipinski definition) is 4. The molecule has 0 radical (unpaired) electrons. The lowest BCUT2D eigenvalue weighted by Crippen LogP contribution is -2.35. The van der Waals surface area contributed by atoms with Crippen LogP contribution in [-0.4, -0.2) is 35.9 Å². The molecular formula is C8H17N3O4. The molecule has 0 aromatic heterocycles. The standard InChI is InChI=1S/C8H17N3O4/c9-5(1-2-7(12)13)8(14)15-4-3-6(10)11/h5-6H,1-4,9-11H2,(H,12,13)/t5-/m0/s1. The van der Waals surface area contributed by atoms with Gasteiger partial charge in [-0.2, -0.15) is 0 Å². The largest absolute Gasteiger partial charge is 0.481 e. The van der Waals surface area contributed by atoms with Gasteiger partial charge < -0.3 is 27.0 Å². The van der Waals surface area contributed by atoms with Crippen molar-refractivity contribution in [3.8, 4) is 0 Å². The molecule has 0 bridgehead atoms. The monoisotopic (exact) mass is 219 g/mol. The number of rotatable bonds is 7. The Bertz CT molecular complexity index is 220. The summed E-state index contributed by atoms with van der Waals surface area (Å²) in [6, 6.07) is -0.907. The number of nitrogens with two attached hydrogens (primary N) is 3. The van der Waals surface area contributed by atoms with Crippen LogP contribution < -0.4 is 17.2 Å². The van der Waals surface area contributed by atoms with Gasteiger partial charge in [-0.1, -0.05) is 0 Å². The van der Waals surface area contributed by atoms with Crippen LogP contribution in [-0.2, 0) is 14.3 Å². The SMILES string of the molecule is NC(N)CCOC(=O)[C@@H](N)CCC(=O)O. The van der Waals surface area contributed by atoms with Gasteiger partial charge in [0.25, 0.3) is 0 Å². The molecule has 0 heterocycles. The van der Waals surface area contributed by atoms with Crippen LogP contribution in [0.1, 0.15) is 19.3 Å². The molecule has 0 amide bonds. The quantitative estimate of drug-likeness (QED) is 0.297. The summed E-state index contributed by atoms with van der Waals surface area (Å²) in [6.07, 6.45) is -0.291. The second-order valence-electron chi connectivity index (χ2n) is 3.16. The molecule has 0 aliphatic rings. The molecule has 0 saturated carbocycles. The highest BCUT2D eigenvalue weighted by atomic mass is 16.5. The van der Waals surface area contributed by atoms with Crippen molar-refractivity contribution >= 4 is 11.9 Å². The fourth-order valence-electron chi connectivity index (χ4n) is 0.799. The highest BCUT2D eigenvalue weighted by Gasteiger charge is 2.16. The molecule has 0 aromatic rings. The first kappa shape index (κ1) is 13.8. The van der Waals surface area contributed by atoms with E-state index in [0.717, 1.165) is 0 Å². The van der Waals surface area contributed by atoms with E-state index in [1.807, 2.05) is 0 Å². The van der Waals surface area contributed by atoms with Gasteiger partial charge in [0.1, 0.15) is 6.04 Å². The van der Waals surface area contributed by atoms with Crippen LogP contribution in [0, 0.1) is 0 Å². The van der Waals surface area contributed by atoms with Crippen LogP contribution >= 0.6 is 0 Å². The molecule has 7 N–H and O–H groups in total. The van der Waals surface area contributed by atoms with Crippen molar-refractivity contribution in [2.45, 2.75) is 31.5 Å². The topological polar surface area (TPSA) is 142 Å². The molecule has 0 rings (SSSR count). The minimum Gasteiger partial charge on any atom is -0.481 e. The third kappa shape index (κ3) is 7.86. The fourth-order valence-corrected chi connectivity index (χ4v) is 0.799. The van der Waals surface area contributed by atoms with Gasteiger partial charge in [0.05, 0.1) is 12.8 Å². The summed E-state index contributed by atoms with van der Waals surface area (Å²) >= 11 is 0. The predicted octanol–water partition coefficient (Wildman–Crippen LogP) is -1.64. The Labute approximate surface area is 87.5 Å². The van der Waals surface area contributed by atoms with E-state index in [2.05, 4.69) is 0 Å². The summed E-state index contributed by atoms with van der Waals surface area (Å²) in [6.45, 7) is 0.0945. The average molecular weight is 219 g/mol. The molecule has 15 heavy (non-hydrogen) atoms. The molecule has 1 atom stereocenters. The van der Waals surface area contributed by atoms with Crippen LogP contribution in [0.25, 0.3) is 0 Å². The number of carboxylic acid groups (broad SMARTS) is 1. The van der Waals surface area contributed by atoms with Gasteiger partial charge in [0.2, 0.25) is 0 Å². The normalized spacial score (nSPS) is 12.5. The number of carbonyl (C=O) groups excluding carboxylic acids is 1. The zero-order chi connectivity index (χ0) is 11.8. The first-order valence-electron chi connectivity index (χ1n) is 4.58. The predicted molar refractivity (Wildman–Crippen MR) is 52.6 cm³/mol. The smallest absolute Gasteiger partial charge is 0.322 e. The Kier molecular flexibility index (Phi) is 6.59. The number of ether oxygens (including phenoxy) is 1. The van der Waals surface area contributed by atoms with E-state index >= 15 is 0 Å². The zero-order valence-electron chi connectivity index (χ0n) is 8.39. The van der Waals surface area contributed by atoms with E-state index < -0.39 is 24.1 Å². The first-order valence-corrected chi connectivity index (χ1v) is 4.58. The molecule has 0 fully saturated rings. The summed E-state index contributed by atoms with van der Waals surface area (Å²) in [4.78, 5) is 21.3. The second-order valence-corrected chi connectivity index (χ2v) is 3.16. The van der Waals surface area contributed by atoms with E-state index in [0.29, 0.717) is 6.42 Å². The lowest BCUT2D eigenvalue weighted by Gasteiger charge is -2.11. The van der Waals surface area contributed by atoms with Crippen molar-refractivity contribution < 1.29 is 19.4 Å². The summed E-state index contributed by atoms with van der Waals surface area (Å²) in [7, 11) is 0. The highest BCUT2D eigenvalue weighted by molar-refractivity contribution is 5.76. The number of aliphatic carboxylic acids is 1. The van der Waals surface area contributed by atoms with Crippen molar-refractivity contribution in [3.63, 3.8) is 0 Å². The molecule has 7 nitrogen and oxygen atoms in total. The molecular weight excluding hydrogens is 202 g/mol. The van der Waals surface area contributed by atoms with Crippen LogP contribution in [0.4, 0.5) is 0 Å². The van der Waals surface area contributed by atoms with Gasteiger partial charge in [-0.05, 0) is 6.42 Å². The zero-order valence-corrected chi connectivity index (χ0v) is 8.39. The van der Waals surface area contributed by atoms with Crippen molar-refractivity contribution in [3.05, 3.63) is 0 Å². The lowest BCUT2D eigenvalue weighted by molar-refractivity contribution is -0.145. The number of hydrogen-bond acceptors (Lipinski definition) is 6. The summed E-state index contributed by atoms with van der Waals surface area (Å²) in [5, 5.41) is 8.35. The minimum atomic E-state index is -0.998. The van der Waals surface area contributed by atoms with Crippen LogP contribution in [0.5, 0.6) is 0 Å².